The third-order valence-corrected chi connectivity index (χ3v) is 3.87. The van der Waals surface area contributed by atoms with Crippen molar-refractivity contribution in [3.63, 3.8) is 0 Å². The number of hydrogen-bond acceptors (Lipinski definition) is 3. The molecule has 0 aromatic carbocycles. The van der Waals surface area contributed by atoms with Crippen LogP contribution < -0.4 is 0 Å². The molecule has 0 spiro atoms. The zero-order valence-corrected chi connectivity index (χ0v) is 9.63. The molecule has 1 atom stereocenters. The van der Waals surface area contributed by atoms with Crippen molar-refractivity contribution in [2.45, 2.75) is 19.0 Å². The number of aromatic nitrogens is 1. The summed E-state index contributed by atoms with van der Waals surface area (Å²) in [5.41, 5.74) is 0.941. The molecule has 1 aliphatic rings. The highest BCUT2D eigenvalue weighted by Gasteiger charge is 2.19. The van der Waals surface area contributed by atoms with E-state index in [0.717, 1.165) is 12.2 Å². The SMILES string of the molecule is CN(Cc1ccc(F)cn1)C1CCSC1. The Morgan fingerprint density at radius 3 is 3.07 bits per heavy atom. The van der Waals surface area contributed by atoms with Crippen LogP contribution in [0.25, 0.3) is 0 Å². The summed E-state index contributed by atoms with van der Waals surface area (Å²) in [7, 11) is 2.11. The molecule has 0 bridgehead atoms. The lowest BCUT2D eigenvalue weighted by Crippen LogP contribution is -2.31. The van der Waals surface area contributed by atoms with Crippen LogP contribution in [0.4, 0.5) is 4.39 Å². The van der Waals surface area contributed by atoms with Crippen molar-refractivity contribution in [1.29, 1.82) is 0 Å². The minimum absolute atomic E-state index is 0.266. The molecular weight excluding hydrogens is 211 g/mol. The van der Waals surface area contributed by atoms with Gasteiger partial charge in [0.1, 0.15) is 5.82 Å². The molecular formula is C11H15FN2S. The Balaban J connectivity index is 1.92. The van der Waals surface area contributed by atoms with Gasteiger partial charge in [0.2, 0.25) is 0 Å². The second-order valence-electron chi connectivity index (χ2n) is 3.90. The van der Waals surface area contributed by atoms with E-state index in [1.165, 1.54) is 30.2 Å². The van der Waals surface area contributed by atoms with Gasteiger partial charge in [0.25, 0.3) is 0 Å². The van der Waals surface area contributed by atoms with Gasteiger partial charge in [0, 0.05) is 18.3 Å². The summed E-state index contributed by atoms with van der Waals surface area (Å²) in [6, 6.07) is 3.88. The standard InChI is InChI=1S/C11H15FN2S/c1-14(11-4-5-15-8-11)7-10-3-2-9(12)6-13-10/h2-3,6,11H,4-5,7-8H2,1H3. The van der Waals surface area contributed by atoms with Crippen molar-refractivity contribution in [2.75, 3.05) is 18.6 Å². The van der Waals surface area contributed by atoms with Crippen LogP contribution in [0.3, 0.4) is 0 Å². The van der Waals surface area contributed by atoms with Crippen molar-refractivity contribution < 1.29 is 4.39 Å². The van der Waals surface area contributed by atoms with Crippen LogP contribution in [0.1, 0.15) is 12.1 Å². The highest BCUT2D eigenvalue weighted by molar-refractivity contribution is 7.99. The first-order valence-electron chi connectivity index (χ1n) is 5.14. The summed E-state index contributed by atoms with van der Waals surface area (Å²) in [6.07, 6.45) is 2.54. The molecule has 1 unspecified atom stereocenters. The third kappa shape index (κ3) is 2.92. The van der Waals surface area contributed by atoms with Gasteiger partial charge < -0.3 is 0 Å². The molecule has 15 heavy (non-hydrogen) atoms. The maximum Gasteiger partial charge on any atom is 0.141 e. The molecule has 4 heteroatoms. The van der Waals surface area contributed by atoms with E-state index in [1.807, 2.05) is 11.8 Å². The van der Waals surface area contributed by atoms with Crippen LogP contribution in [0.5, 0.6) is 0 Å². The number of hydrogen-bond donors (Lipinski definition) is 0. The van der Waals surface area contributed by atoms with Crippen LogP contribution in [0.2, 0.25) is 0 Å². The summed E-state index contributed by atoms with van der Waals surface area (Å²) in [4.78, 5) is 6.37. The maximum atomic E-state index is 12.6. The highest BCUT2D eigenvalue weighted by Crippen LogP contribution is 2.22. The Kier molecular flexibility index (Phi) is 3.59. The predicted octanol–water partition coefficient (Wildman–Crippen LogP) is 2.16. The minimum atomic E-state index is -0.266. The number of thioether (sulfide) groups is 1. The van der Waals surface area contributed by atoms with E-state index in [0.29, 0.717) is 6.04 Å². The van der Waals surface area contributed by atoms with Crippen LogP contribution in [0, 0.1) is 5.82 Å². The van der Waals surface area contributed by atoms with Gasteiger partial charge in [-0.05, 0) is 31.4 Å². The van der Waals surface area contributed by atoms with Gasteiger partial charge in [-0.15, -0.1) is 0 Å². The maximum absolute atomic E-state index is 12.6. The van der Waals surface area contributed by atoms with E-state index in [-0.39, 0.29) is 5.82 Å². The monoisotopic (exact) mass is 226 g/mol. The van der Waals surface area contributed by atoms with Gasteiger partial charge in [-0.25, -0.2) is 4.39 Å². The minimum Gasteiger partial charge on any atom is -0.297 e. The van der Waals surface area contributed by atoms with Crippen LogP contribution in [0.15, 0.2) is 18.3 Å². The van der Waals surface area contributed by atoms with Crippen molar-refractivity contribution >= 4 is 11.8 Å². The molecule has 2 rings (SSSR count). The zero-order chi connectivity index (χ0) is 10.7. The Morgan fingerprint density at radius 2 is 2.47 bits per heavy atom. The van der Waals surface area contributed by atoms with E-state index in [4.69, 9.17) is 0 Å². The molecule has 82 valence electrons. The summed E-state index contributed by atoms with van der Waals surface area (Å²) >= 11 is 2.00. The van der Waals surface area contributed by atoms with Gasteiger partial charge in [0.15, 0.2) is 0 Å². The number of pyridine rings is 1. The lowest BCUT2D eigenvalue weighted by atomic mass is 10.2. The van der Waals surface area contributed by atoms with Crippen LogP contribution in [-0.4, -0.2) is 34.5 Å². The first-order valence-corrected chi connectivity index (χ1v) is 6.29. The molecule has 1 aromatic heterocycles. The average molecular weight is 226 g/mol. The molecule has 1 aromatic rings. The van der Waals surface area contributed by atoms with Crippen molar-refractivity contribution in [1.82, 2.24) is 9.88 Å². The Labute approximate surface area is 93.9 Å². The number of halogens is 1. The molecule has 2 nitrogen and oxygen atoms in total. The van der Waals surface area contributed by atoms with Gasteiger partial charge in [0.05, 0.1) is 11.9 Å². The summed E-state index contributed by atoms with van der Waals surface area (Å²) in [5, 5.41) is 0. The molecule has 1 saturated heterocycles. The second kappa shape index (κ2) is 4.94. The third-order valence-electron chi connectivity index (χ3n) is 2.73. The molecule has 2 heterocycles. The number of rotatable bonds is 3. The lowest BCUT2D eigenvalue weighted by molar-refractivity contribution is 0.251. The van der Waals surface area contributed by atoms with E-state index in [9.17, 15) is 4.39 Å². The Hall–Kier alpha value is -0.610. The fraction of sp³-hybridized carbons (Fsp3) is 0.545. The van der Waals surface area contributed by atoms with Gasteiger partial charge in [-0.2, -0.15) is 11.8 Å². The zero-order valence-electron chi connectivity index (χ0n) is 8.82. The predicted molar refractivity (Wildman–Crippen MR) is 61.4 cm³/mol. The van der Waals surface area contributed by atoms with Gasteiger partial charge >= 0.3 is 0 Å². The topological polar surface area (TPSA) is 16.1 Å². The number of nitrogens with zero attached hydrogens (tertiary/aromatic N) is 2. The van der Waals surface area contributed by atoms with Crippen LogP contribution in [-0.2, 0) is 6.54 Å². The molecule has 0 N–H and O–H groups in total. The fourth-order valence-electron chi connectivity index (χ4n) is 1.75. The van der Waals surface area contributed by atoms with Crippen molar-refractivity contribution in [3.8, 4) is 0 Å². The van der Waals surface area contributed by atoms with Crippen LogP contribution >= 0.6 is 11.8 Å². The highest BCUT2D eigenvalue weighted by atomic mass is 32.2. The lowest BCUT2D eigenvalue weighted by Gasteiger charge is -2.22. The van der Waals surface area contributed by atoms with Gasteiger partial charge in [-0.1, -0.05) is 0 Å². The Bertz CT molecular complexity index is 309. The summed E-state index contributed by atoms with van der Waals surface area (Å²) < 4.78 is 12.6. The van der Waals surface area contributed by atoms with E-state index < -0.39 is 0 Å². The fourth-order valence-corrected chi connectivity index (χ4v) is 3.05. The quantitative estimate of drug-likeness (QED) is 0.785. The van der Waals surface area contributed by atoms with E-state index >= 15 is 0 Å². The largest absolute Gasteiger partial charge is 0.297 e. The molecule has 0 saturated carbocycles. The van der Waals surface area contributed by atoms with Crippen molar-refractivity contribution in [3.05, 3.63) is 29.8 Å². The Morgan fingerprint density at radius 1 is 1.60 bits per heavy atom. The molecule has 0 radical (unpaired) electrons. The smallest absolute Gasteiger partial charge is 0.141 e. The summed E-state index contributed by atoms with van der Waals surface area (Å²) in [6.45, 7) is 0.811. The summed E-state index contributed by atoms with van der Waals surface area (Å²) in [5.74, 6) is 2.20. The van der Waals surface area contributed by atoms with Gasteiger partial charge in [-0.3, -0.25) is 9.88 Å². The first-order chi connectivity index (χ1) is 7.25. The van der Waals surface area contributed by atoms with E-state index in [1.54, 1.807) is 6.07 Å². The molecule has 1 aliphatic heterocycles. The van der Waals surface area contributed by atoms with Crippen molar-refractivity contribution in [2.24, 2.45) is 0 Å². The second-order valence-corrected chi connectivity index (χ2v) is 5.05. The normalized spacial score (nSPS) is 21.1. The molecule has 0 aliphatic carbocycles. The first kappa shape index (κ1) is 10.9. The molecule has 0 amide bonds. The van der Waals surface area contributed by atoms with E-state index in [2.05, 4.69) is 16.9 Å². The average Bonchev–Trinajstić information content (AvgIpc) is 2.74. The molecule has 1 fully saturated rings.